The van der Waals surface area contributed by atoms with Gasteiger partial charge in [0.2, 0.25) is 0 Å². The lowest BCUT2D eigenvalue weighted by Gasteiger charge is -2.24. The van der Waals surface area contributed by atoms with Crippen LogP contribution < -0.4 is 10.5 Å². The molecule has 7 heteroatoms. The smallest absolute Gasteiger partial charge is 0.328 e. The van der Waals surface area contributed by atoms with Gasteiger partial charge >= 0.3 is 5.97 Å². The summed E-state index contributed by atoms with van der Waals surface area (Å²) < 4.78 is 10.9. The van der Waals surface area contributed by atoms with E-state index >= 15 is 0 Å². The fourth-order valence-electron chi connectivity index (χ4n) is 3.41. The van der Waals surface area contributed by atoms with Crippen LogP contribution in [-0.2, 0) is 22.6 Å². The van der Waals surface area contributed by atoms with Crippen LogP contribution in [0.1, 0.15) is 30.9 Å². The van der Waals surface area contributed by atoms with Gasteiger partial charge in [-0.15, -0.1) is 0 Å². The number of carbonyl (C=O) groups excluding carboxylic acids is 1. The van der Waals surface area contributed by atoms with E-state index in [4.69, 9.17) is 26.8 Å². The van der Waals surface area contributed by atoms with E-state index < -0.39 is 18.1 Å². The summed E-state index contributed by atoms with van der Waals surface area (Å²) in [5.41, 5.74) is 6.74. The molecule has 180 valence electrons. The molecule has 0 amide bonds. The summed E-state index contributed by atoms with van der Waals surface area (Å²) in [6.07, 6.45) is 1.55. The maximum Gasteiger partial charge on any atom is 0.328 e. The highest BCUT2D eigenvalue weighted by molar-refractivity contribution is 7.99. The topological polar surface area (TPSA) is 81.8 Å². The van der Waals surface area contributed by atoms with E-state index in [-0.39, 0.29) is 6.61 Å². The molecule has 5 nitrogen and oxygen atoms in total. The van der Waals surface area contributed by atoms with Crippen LogP contribution in [0.3, 0.4) is 0 Å². The number of aryl methyl sites for hydroxylation is 1. The van der Waals surface area contributed by atoms with Gasteiger partial charge < -0.3 is 20.3 Å². The molecule has 0 aromatic heterocycles. The van der Waals surface area contributed by atoms with Gasteiger partial charge in [0.1, 0.15) is 17.9 Å². The molecule has 0 saturated heterocycles. The Kier molecular flexibility index (Phi) is 9.84. The predicted octanol–water partition coefficient (Wildman–Crippen LogP) is 5.65. The molecule has 3 aromatic carbocycles. The first-order valence-electron chi connectivity index (χ1n) is 11.2. The number of benzene rings is 3. The van der Waals surface area contributed by atoms with E-state index in [1.165, 1.54) is 0 Å². The van der Waals surface area contributed by atoms with Crippen LogP contribution in [0.5, 0.6) is 5.75 Å². The molecule has 0 aliphatic heterocycles. The molecule has 0 heterocycles. The second-order valence-electron chi connectivity index (χ2n) is 7.99. The van der Waals surface area contributed by atoms with E-state index in [0.29, 0.717) is 30.9 Å². The van der Waals surface area contributed by atoms with Crippen LogP contribution in [-0.4, -0.2) is 29.8 Å². The molecular weight excluding hydrogens is 470 g/mol. The van der Waals surface area contributed by atoms with Crippen molar-refractivity contribution in [1.29, 1.82) is 0 Å². The monoisotopic (exact) mass is 499 g/mol. The fraction of sp³-hybridized carbons (Fsp3) is 0.296. The van der Waals surface area contributed by atoms with Crippen molar-refractivity contribution in [2.24, 2.45) is 5.73 Å². The minimum atomic E-state index is -1.38. The molecule has 0 aliphatic rings. The van der Waals surface area contributed by atoms with Crippen molar-refractivity contribution < 1.29 is 19.4 Å². The molecule has 0 radical (unpaired) electrons. The Hall–Kier alpha value is -2.51. The lowest BCUT2D eigenvalue weighted by molar-refractivity contribution is -0.151. The minimum absolute atomic E-state index is 0.227. The number of hydrogen-bond donors (Lipinski definition) is 2. The molecule has 3 rings (SSSR count). The Morgan fingerprint density at radius 2 is 1.82 bits per heavy atom. The quantitative estimate of drug-likeness (QED) is 0.313. The lowest BCUT2D eigenvalue weighted by atomic mass is 9.93. The molecule has 3 aromatic rings. The summed E-state index contributed by atoms with van der Waals surface area (Å²) in [5, 5.41) is 10.2. The Morgan fingerprint density at radius 3 is 2.53 bits per heavy atom. The first kappa shape index (κ1) is 26.1. The molecule has 0 spiro atoms. The Bertz CT molecular complexity index is 1080. The Balaban J connectivity index is 1.56. The summed E-state index contributed by atoms with van der Waals surface area (Å²) in [6, 6.07) is 24.0. The number of hydrogen-bond acceptors (Lipinski definition) is 6. The Morgan fingerprint density at radius 1 is 1.06 bits per heavy atom. The number of aliphatic hydroxyl groups excluding tert-OH is 1. The summed E-state index contributed by atoms with van der Waals surface area (Å²) >= 11 is 8.14. The van der Waals surface area contributed by atoms with Crippen LogP contribution in [0.25, 0.3) is 0 Å². The first-order chi connectivity index (χ1) is 16.4. The van der Waals surface area contributed by atoms with Gasteiger partial charge in [-0.1, -0.05) is 65.8 Å². The van der Waals surface area contributed by atoms with Crippen molar-refractivity contribution in [3.05, 3.63) is 88.9 Å². The third kappa shape index (κ3) is 7.50. The van der Waals surface area contributed by atoms with E-state index in [1.807, 2.05) is 72.8 Å². The predicted molar refractivity (Wildman–Crippen MR) is 136 cm³/mol. The van der Waals surface area contributed by atoms with Crippen molar-refractivity contribution in [2.45, 2.75) is 48.1 Å². The van der Waals surface area contributed by atoms with Crippen LogP contribution >= 0.6 is 23.4 Å². The third-order valence-corrected chi connectivity index (χ3v) is 6.68. The zero-order chi connectivity index (χ0) is 24.4. The standard InChI is InChI=1S/C27H30ClNO4S/c1-2-32-26(31)27(29,19-30)15-7-10-21-13-14-24(17-25(21)28)34-23-12-6-11-22(16-23)33-18-20-8-4-3-5-9-20/h3-6,8-9,11-14,16-17,30H,2,7,10,15,18-19,29H2,1H3. The highest BCUT2D eigenvalue weighted by atomic mass is 35.5. The van der Waals surface area contributed by atoms with Crippen molar-refractivity contribution in [3.63, 3.8) is 0 Å². The number of ether oxygens (including phenoxy) is 2. The maximum atomic E-state index is 12.0. The van der Waals surface area contributed by atoms with Gasteiger partial charge in [0.15, 0.2) is 0 Å². The van der Waals surface area contributed by atoms with Gasteiger partial charge in [0.25, 0.3) is 0 Å². The zero-order valence-electron chi connectivity index (χ0n) is 19.2. The SMILES string of the molecule is CCOC(=O)C(N)(CO)CCCc1ccc(Sc2cccc(OCc3ccccc3)c2)cc1Cl. The number of esters is 1. The van der Waals surface area contributed by atoms with Gasteiger partial charge in [0, 0.05) is 14.8 Å². The van der Waals surface area contributed by atoms with Crippen molar-refractivity contribution in [2.75, 3.05) is 13.2 Å². The van der Waals surface area contributed by atoms with Gasteiger partial charge in [-0.05, 0) is 67.6 Å². The Labute approximate surface area is 210 Å². The van der Waals surface area contributed by atoms with E-state index in [1.54, 1.807) is 18.7 Å². The molecule has 1 atom stereocenters. The van der Waals surface area contributed by atoms with Crippen molar-refractivity contribution in [3.8, 4) is 5.75 Å². The number of nitrogens with two attached hydrogens (primary N) is 1. The summed E-state index contributed by atoms with van der Waals surface area (Å²) in [7, 11) is 0. The average molecular weight is 500 g/mol. The second-order valence-corrected chi connectivity index (χ2v) is 9.55. The van der Waals surface area contributed by atoms with Crippen molar-refractivity contribution >= 4 is 29.3 Å². The van der Waals surface area contributed by atoms with Gasteiger partial charge in [-0.25, -0.2) is 4.79 Å². The van der Waals surface area contributed by atoms with Crippen LogP contribution in [0, 0.1) is 0 Å². The second kappa shape index (κ2) is 12.8. The first-order valence-corrected chi connectivity index (χ1v) is 12.4. The molecule has 0 bridgehead atoms. The molecule has 0 saturated carbocycles. The van der Waals surface area contributed by atoms with Gasteiger partial charge in [-0.2, -0.15) is 0 Å². The number of rotatable bonds is 12. The maximum absolute atomic E-state index is 12.0. The summed E-state index contributed by atoms with van der Waals surface area (Å²) in [5.74, 6) is 0.234. The average Bonchev–Trinajstić information content (AvgIpc) is 2.85. The van der Waals surface area contributed by atoms with Crippen LogP contribution in [0.15, 0.2) is 82.6 Å². The summed E-state index contributed by atoms with van der Waals surface area (Å²) in [4.78, 5) is 14.1. The lowest BCUT2D eigenvalue weighted by Crippen LogP contribution is -2.52. The van der Waals surface area contributed by atoms with Crippen molar-refractivity contribution in [1.82, 2.24) is 0 Å². The largest absolute Gasteiger partial charge is 0.489 e. The molecular formula is C27H30ClNO4S. The molecule has 34 heavy (non-hydrogen) atoms. The van der Waals surface area contributed by atoms with Gasteiger partial charge in [0.05, 0.1) is 13.2 Å². The number of halogens is 1. The van der Waals surface area contributed by atoms with E-state index in [9.17, 15) is 9.90 Å². The third-order valence-electron chi connectivity index (χ3n) is 5.35. The van der Waals surface area contributed by atoms with Crippen LogP contribution in [0.4, 0.5) is 0 Å². The highest BCUT2D eigenvalue weighted by Gasteiger charge is 2.34. The summed E-state index contributed by atoms with van der Waals surface area (Å²) in [6.45, 7) is 2.00. The molecule has 1 unspecified atom stereocenters. The molecule has 0 fully saturated rings. The van der Waals surface area contributed by atoms with E-state index in [2.05, 4.69) is 0 Å². The molecule has 3 N–H and O–H groups in total. The van der Waals surface area contributed by atoms with E-state index in [0.717, 1.165) is 26.7 Å². The number of aliphatic hydroxyl groups is 1. The molecule has 0 aliphatic carbocycles. The fourth-order valence-corrected chi connectivity index (χ4v) is 4.66. The minimum Gasteiger partial charge on any atom is -0.489 e. The van der Waals surface area contributed by atoms with Gasteiger partial charge in [-0.3, -0.25) is 0 Å². The highest BCUT2D eigenvalue weighted by Crippen LogP contribution is 2.33. The zero-order valence-corrected chi connectivity index (χ0v) is 20.8. The normalized spacial score (nSPS) is 12.7. The number of carbonyl (C=O) groups is 1. The van der Waals surface area contributed by atoms with Crippen LogP contribution in [0.2, 0.25) is 5.02 Å².